The minimum Gasteiger partial charge on any atom is -0.488 e. The number of esters is 3. The molecule has 3 aromatic carbocycles. The number of hydrogen-bond donors (Lipinski definition) is 5. The van der Waals surface area contributed by atoms with Crippen molar-refractivity contribution in [2.24, 2.45) is 69.0 Å². The largest absolute Gasteiger partial charge is 0.488 e. The lowest BCUT2D eigenvalue weighted by atomic mass is 9.77. The summed E-state index contributed by atoms with van der Waals surface area (Å²) in [5, 5.41) is 30.0. The molecule has 2 unspecified atom stereocenters. The van der Waals surface area contributed by atoms with Crippen molar-refractivity contribution in [1.29, 1.82) is 0 Å². The molecule has 8 aliphatic rings. The van der Waals surface area contributed by atoms with Gasteiger partial charge in [-0.15, -0.1) is 47.2 Å². The van der Waals surface area contributed by atoms with Gasteiger partial charge >= 0.3 is 44.1 Å². The molecule has 750 valence electrons. The maximum absolute atomic E-state index is 14.9. The zero-order chi connectivity index (χ0) is 102. The third-order valence-electron chi connectivity index (χ3n) is 27.7. The first kappa shape index (κ1) is 104. The van der Waals surface area contributed by atoms with E-state index in [4.69, 9.17) is 112 Å². The SMILES string of the molecule is [C-]#[N+]COc1ccc2c(=O)cc(-c3csc(NC(C)C)n3)[nH]c2c1Cl.[C-]#[N+]COc1ccc2c(O[C@@H]3C[C@@H](C(=O)C[C@]4(C(=O)O)C[C@H]4C=C)N(C(=O)[C@@H](CC(=O)OC4C[C@@H]5C[C@@H]5C4)C(C)(C)C)C3)cc(-c3csc(NC(C)C)n3)nc2c1Cl.[C-]#[N+]COc1ccc2c(O[C@@H]3C[C@@H](C(=O)C[C@]4(C(=O)OC)C[C@H]4C=C)N(C(=O)[C@@H](CC(=O)OC4C[C@@H]5C[C@@H]5C4)C(C)(C)C)C3)cc(-c3csc(NC(C)C)n3)nc2c1Cl. The summed E-state index contributed by atoms with van der Waals surface area (Å²) < 4.78 is 46.9. The average Bonchev–Trinajstić information content (AvgIpc) is 1.57. The van der Waals surface area contributed by atoms with Gasteiger partial charge in [-0.2, -0.15) is 0 Å². The van der Waals surface area contributed by atoms with Crippen LogP contribution in [0.1, 0.15) is 173 Å². The molecule has 6 aromatic heterocycles. The summed E-state index contributed by atoms with van der Waals surface area (Å²) >= 11 is 24.4. The molecule has 17 rings (SSSR count). The Labute approximate surface area is 850 Å². The van der Waals surface area contributed by atoms with Gasteiger partial charge in [-0.1, -0.05) is 88.5 Å². The Morgan fingerprint density at radius 2 is 0.901 bits per heavy atom. The Balaban J connectivity index is 0.000000173. The van der Waals surface area contributed by atoms with Crippen LogP contribution in [0.2, 0.25) is 15.1 Å². The number of allylic oxidation sites excluding steroid dienone is 2. The number of carboxylic acids is 1. The van der Waals surface area contributed by atoms with Crippen LogP contribution in [0.5, 0.6) is 28.7 Å². The smallest absolute Gasteiger partial charge is 0.357 e. The normalized spacial score (nSPS) is 23.5. The summed E-state index contributed by atoms with van der Waals surface area (Å²) in [6, 6.07) is 13.6. The number of carboxylic acid groups (broad SMARTS) is 1. The van der Waals surface area contributed by atoms with Crippen LogP contribution >= 0.6 is 68.8 Å². The third-order valence-corrected chi connectivity index (χ3v) is 31.1. The molecule has 6 saturated carbocycles. The molecule has 142 heavy (non-hydrogen) atoms. The first-order chi connectivity index (χ1) is 67.5. The fourth-order valence-corrected chi connectivity index (χ4v) is 23.2. The number of nitrogens with one attached hydrogen (secondary N) is 4. The number of ketones is 2. The fraction of sp³-hybridized carbons (Fsp3) is 0.510. The number of halogens is 3. The molecule has 2 saturated heterocycles. The number of aromatic amines is 1. The maximum Gasteiger partial charge on any atom is 0.357 e. The van der Waals surface area contributed by atoms with Gasteiger partial charge in [0, 0.05) is 94.3 Å². The topological polar surface area (TPSA) is 384 Å². The maximum atomic E-state index is 14.9. The number of aliphatic carboxylic acids is 1. The van der Waals surface area contributed by atoms with Crippen molar-refractivity contribution in [1.82, 2.24) is 39.7 Å². The van der Waals surface area contributed by atoms with Crippen molar-refractivity contribution >= 4 is 164 Å². The highest BCUT2D eigenvalue weighted by Gasteiger charge is 2.63. The zero-order valence-electron chi connectivity index (χ0n) is 81.5. The van der Waals surface area contributed by atoms with Crippen LogP contribution in [0.4, 0.5) is 15.4 Å². The van der Waals surface area contributed by atoms with E-state index < -0.39 is 81.7 Å². The van der Waals surface area contributed by atoms with E-state index in [1.807, 2.05) is 99.2 Å². The number of amides is 2. The summed E-state index contributed by atoms with van der Waals surface area (Å²) in [5.74, 6) is -1.85. The molecular formula is C104H117Cl3N14O18S3. The molecule has 38 heteroatoms. The van der Waals surface area contributed by atoms with Crippen LogP contribution in [0.3, 0.4) is 0 Å². The van der Waals surface area contributed by atoms with E-state index >= 15 is 0 Å². The molecule has 8 fully saturated rings. The van der Waals surface area contributed by atoms with Crippen LogP contribution in [0.15, 0.2) is 101 Å². The van der Waals surface area contributed by atoms with Crippen LogP contribution in [0.25, 0.3) is 81.4 Å². The lowest BCUT2D eigenvalue weighted by Crippen LogP contribution is -2.48. The Bertz CT molecular complexity index is 6570. The van der Waals surface area contributed by atoms with Gasteiger partial charge in [-0.25, -0.2) is 44.6 Å². The molecule has 5 N–H and O–H groups in total. The van der Waals surface area contributed by atoms with E-state index in [1.165, 1.54) is 69.8 Å². The minimum atomic E-state index is -1.28. The molecule has 2 amide bonds. The van der Waals surface area contributed by atoms with Crippen LogP contribution in [-0.2, 0) is 52.6 Å². The molecule has 0 bridgehead atoms. The molecule has 6 aliphatic carbocycles. The van der Waals surface area contributed by atoms with Crippen molar-refractivity contribution in [3.63, 3.8) is 0 Å². The first-order valence-electron chi connectivity index (χ1n) is 47.7. The number of Topliss-reactive ketones (excluding diaryl/α,β-unsaturated/α-hetero) is 2. The van der Waals surface area contributed by atoms with Crippen LogP contribution < -0.4 is 45.1 Å². The first-order valence-corrected chi connectivity index (χ1v) is 51.5. The molecule has 0 radical (unpaired) electrons. The summed E-state index contributed by atoms with van der Waals surface area (Å²) in [6.45, 7) is 51.8. The van der Waals surface area contributed by atoms with Gasteiger partial charge in [-0.05, 0) is 176 Å². The Hall–Kier alpha value is -12.0. The van der Waals surface area contributed by atoms with E-state index in [0.717, 1.165) is 30.8 Å². The number of nitrogens with zero attached hydrogens (tertiary/aromatic N) is 10. The van der Waals surface area contributed by atoms with Crippen molar-refractivity contribution in [3.05, 3.63) is 156 Å². The monoisotopic (exact) mass is 2050 g/mol. The van der Waals surface area contributed by atoms with Crippen LogP contribution in [-0.4, -0.2) is 187 Å². The number of rotatable bonds is 37. The lowest BCUT2D eigenvalue weighted by molar-refractivity contribution is -0.157. The molecule has 32 nitrogen and oxygen atoms in total. The number of benzene rings is 3. The quantitative estimate of drug-likeness (QED) is 0.0104. The molecule has 16 atom stereocenters. The zero-order valence-corrected chi connectivity index (χ0v) is 86.2. The Morgan fingerprint density at radius 3 is 1.27 bits per heavy atom. The van der Waals surface area contributed by atoms with E-state index in [-0.39, 0.29) is 176 Å². The molecular weight excluding hydrogens is 1940 g/mol. The number of pyridine rings is 3. The van der Waals surface area contributed by atoms with Gasteiger partial charge in [0.2, 0.25) is 11.8 Å². The average molecular weight is 2050 g/mol. The van der Waals surface area contributed by atoms with E-state index in [2.05, 4.69) is 53.6 Å². The number of likely N-dealkylation sites (tertiary alicyclic amines) is 2. The summed E-state index contributed by atoms with van der Waals surface area (Å²) in [5.41, 5.74) is 0.669. The predicted molar refractivity (Wildman–Crippen MR) is 545 cm³/mol. The highest BCUT2D eigenvalue weighted by atomic mass is 35.5. The van der Waals surface area contributed by atoms with Crippen molar-refractivity contribution in [2.45, 2.75) is 228 Å². The van der Waals surface area contributed by atoms with E-state index in [0.29, 0.717) is 124 Å². The van der Waals surface area contributed by atoms with Crippen molar-refractivity contribution in [3.8, 4) is 62.9 Å². The third kappa shape index (κ3) is 23.5. The van der Waals surface area contributed by atoms with Gasteiger partial charge in [0.05, 0.1) is 107 Å². The highest BCUT2D eigenvalue weighted by Crippen LogP contribution is 2.60. The summed E-state index contributed by atoms with van der Waals surface area (Å²) in [4.78, 5) is 163. The number of hydrogen-bond acceptors (Lipinski definition) is 28. The lowest BCUT2D eigenvalue weighted by Gasteiger charge is -2.35. The van der Waals surface area contributed by atoms with Gasteiger partial charge in [-0.3, -0.25) is 57.7 Å². The molecule has 2 aliphatic heterocycles. The number of thiazole rings is 3. The van der Waals surface area contributed by atoms with Crippen molar-refractivity contribution in [2.75, 3.05) is 56.3 Å². The molecule has 0 spiro atoms. The van der Waals surface area contributed by atoms with Gasteiger partial charge in [0.25, 0.3) is 0 Å². The predicted octanol–water partition coefficient (Wildman–Crippen LogP) is 20.6. The highest BCUT2D eigenvalue weighted by molar-refractivity contribution is 7.14. The Kier molecular flexibility index (Phi) is 31.8. The standard InChI is InChI=1S/C44H52ClN5O8S.C43H50ClN5O8S.C17H15ClN4O2S/c1-9-26-18-44(26,41(54)55-8)19-34(51)33-15-28(20-50(33)40(53)30(43(4,5)6)16-37(52)58-27-13-24-12-25(24)14-27)57-36-17-31(32-21-59-42(49-32)47-23(2)3)48-39-29(36)10-11-35(38(39)45)56-22-46-7;1-8-25-17-43(25,40(53)54)18-33(50)32-14-27(19-49(32)39(52)29(42(4,5)6)15-36(51)57-26-12-23-11-24(23)13-26)56-35-16-30(31-20-58-41(48-31)46-22(2)3)47-38-28(35)9-10-34(37(38)44)55-21-45-7;1-9(2)20-17-22-12(7-25-17)11-6-13(23)10-4-5-14(24-8-19-3)15(18)16(10)21-11/h9-11,17,21,23-28,30,33H,1,12-16,18-20,22H2,2-6,8H3,(H,47,49);8-10,16,20,22-27,29,32H,1,11-15,17-19,21H2,2-6H3,(H,46,48)(H,53,54);4-7,9H,8H2,1-2H3,(H,20,22)(H,21,23)/t24-,25+,26-,27?,28-,30-,33+,44-;23-,24+,25-,26?,27-,29-,32+,43-;/m11./s1. The minimum absolute atomic E-state index is 0.00600. The summed E-state index contributed by atoms with van der Waals surface area (Å²) in [7, 11) is 1.30. The number of methoxy groups -OCH3 is 1. The molecule has 8 heterocycles. The fourth-order valence-electron chi connectivity index (χ4n) is 19.9. The number of aromatic nitrogens is 6. The van der Waals surface area contributed by atoms with Gasteiger partial charge in [0.1, 0.15) is 79.6 Å². The Morgan fingerprint density at radius 1 is 0.521 bits per heavy atom. The number of H-pyrrole nitrogens is 1. The second-order valence-electron chi connectivity index (χ2n) is 41.1. The second-order valence-corrected chi connectivity index (χ2v) is 44.8. The van der Waals surface area contributed by atoms with E-state index in [9.17, 15) is 48.3 Å². The van der Waals surface area contributed by atoms with Crippen LogP contribution in [0, 0.1) is 88.7 Å². The van der Waals surface area contributed by atoms with Crippen molar-refractivity contribution < 1.29 is 81.4 Å². The van der Waals surface area contributed by atoms with E-state index in [1.54, 1.807) is 60.7 Å². The number of ether oxygens (including phenoxy) is 8. The van der Waals surface area contributed by atoms with Gasteiger partial charge < -0.3 is 73.7 Å². The second kappa shape index (κ2) is 43.2. The number of carbonyl (C=O) groups is 8. The summed E-state index contributed by atoms with van der Waals surface area (Å²) in [6.07, 6.45) is 7.65. The molecule has 9 aromatic rings. The number of fused-ring (bicyclic) bond motifs is 5. The number of carbonyl (C=O) groups excluding carboxylic acids is 7. The number of anilines is 3. The van der Waals surface area contributed by atoms with Gasteiger partial charge in [0.15, 0.2) is 32.4 Å².